The lowest BCUT2D eigenvalue weighted by molar-refractivity contribution is -0.0502. The molecule has 2 saturated heterocycles. The van der Waals surface area contributed by atoms with E-state index in [1.807, 2.05) is 31.1 Å². The molecular weight excluding hydrogens is 1040 g/mol. The van der Waals surface area contributed by atoms with E-state index in [0.29, 0.717) is 12.2 Å². The zero-order valence-electron chi connectivity index (χ0n) is 38.3. The number of nitrogen functional groups attached to an aromatic ring is 2. The smallest absolute Gasteiger partial charge is 0.461 e. The molecule has 398 valence electrons. The molecule has 0 amide bonds. The molecule has 2 fully saturated rings. The monoisotopic (exact) mass is 1100 g/mol. The standard InChI is InChI=1S/C21H30N10O18P4.C15H24N2O2/c22-16-10-18(26-3-24-16)30(5-28-10)20-14(34)12(32)8(46-20)1-44-52(40,41)48-50(36,37)7-51(38,39)49-53(42,43)45-2-9-13(33)15(35)21(47-9)31-6-29-11-17(23)25-4-27-19(11)31;1-4-5-10-16-14-8-6-13(7-9-14)15(18)19-12-11-17(2)3/h3-6,8-9,12-15,20-21,32-35H,1-2,7H2,(H,36,37)(H,38,39)(H,40,41)(H,42,43)(H2,22,24,26)(H2,23,25,27);6-9,16H,4-5,10-12H2,1-3H3/t8-,9-,12-,13-,14-,15-,20-,21-;/m1./s1. The van der Waals surface area contributed by atoms with Crippen LogP contribution in [-0.2, 0) is 50.1 Å². The van der Waals surface area contributed by atoms with Crippen LogP contribution < -0.4 is 16.8 Å². The number of ether oxygens (including phenoxy) is 3. The van der Waals surface area contributed by atoms with E-state index in [-0.39, 0.29) is 39.9 Å². The van der Waals surface area contributed by atoms with Crippen LogP contribution in [0.5, 0.6) is 0 Å². The molecular formula is C36H54N12O20P4. The summed E-state index contributed by atoms with van der Waals surface area (Å²) in [6.07, 6.45) is -5.96. The number of likely N-dealkylation sites (N-methyl/N-ethyl adjacent to an activating group) is 1. The molecule has 0 bridgehead atoms. The number of fused-ring (bicyclic) bond motifs is 2. The largest absolute Gasteiger partial charge is 0.479 e. The van der Waals surface area contributed by atoms with Gasteiger partial charge in [-0.05, 0) is 44.8 Å². The topological polar surface area (TPSA) is 466 Å². The predicted octanol–water partition coefficient (Wildman–Crippen LogP) is 0.282. The molecule has 4 aromatic heterocycles. The maximum Gasteiger partial charge on any atom is 0.479 e. The number of nitrogens with zero attached hydrogens (tertiary/aromatic N) is 9. The van der Waals surface area contributed by atoms with Crippen LogP contribution in [0.3, 0.4) is 0 Å². The van der Waals surface area contributed by atoms with Crippen molar-refractivity contribution in [2.45, 2.75) is 68.8 Å². The van der Waals surface area contributed by atoms with Crippen molar-refractivity contribution < 1.29 is 94.9 Å². The second-order valence-corrected chi connectivity index (χ2v) is 23.5. The van der Waals surface area contributed by atoms with Gasteiger partial charge in [0.25, 0.3) is 0 Å². The number of hydrogen-bond acceptors (Lipinski definition) is 26. The maximum absolute atomic E-state index is 12.6. The van der Waals surface area contributed by atoms with Crippen LogP contribution in [0.15, 0.2) is 49.6 Å². The summed E-state index contributed by atoms with van der Waals surface area (Å²) in [5.74, 6) is -2.32. The molecule has 12 atom stereocenters. The van der Waals surface area contributed by atoms with Crippen LogP contribution >= 0.6 is 30.8 Å². The fourth-order valence-electron chi connectivity index (χ4n) is 6.83. The highest BCUT2D eigenvalue weighted by molar-refractivity contribution is 7.76. The lowest BCUT2D eigenvalue weighted by Gasteiger charge is -2.22. The number of nitrogens with two attached hydrogens (primary N) is 2. The molecule has 0 radical (unpaired) electrons. The third-order valence-corrected chi connectivity index (χ3v) is 17.9. The average molecular weight is 1100 g/mol. The van der Waals surface area contributed by atoms with E-state index in [4.69, 9.17) is 25.7 Å². The summed E-state index contributed by atoms with van der Waals surface area (Å²) >= 11 is 0. The number of carbonyl (C=O) groups is 1. The van der Waals surface area contributed by atoms with Crippen molar-refractivity contribution in [3.63, 3.8) is 0 Å². The number of hydrogen-bond donors (Lipinski definition) is 11. The highest BCUT2D eigenvalue weighted by atomic mass is 31.3. The molecule has 13 N–H and O–H groups in total. The van der Waals surface area contributed by atoms with Gasteiger partial charge >= 0.3 is 36.8 Å². The van der Waals surface area contributed by atoms with Crippen LogP contribution in [0.4, 0.5) is 17.3 Å². The van der Waals surface area contributed by atoms with E-state index >= 15 is 0 Å². The first-order chi connectivity index (χ1) is 33.8. The molecule has 0 aliphatic carbocycles. The number of phosphoric ester groups is 2. The van der Waals surface area contributed by atoms with Gasteiger partial charge in [-0.2, -0.15) is 0 Å². The second kappa shape index (κ2) is 23.8. The lowest BCUT2D eigenvalue weighted by Crippen LogP contribution is -2.33. The number of carbonyl (C=O) groups excluding carboxylic acids is 1. The Morgan fingerprint density at radius 1 is 0.722 bits per heavy atom. The molecule has 2 aliphatic heterocycles. The molecule has 5 aromatic rings. The second-order valence-electron chi connectivity index (χ2n) is 16.2. The van der Waals surface area contributed by atoms with Crippen molar-refractivity contribution in [2.24, 2.45) is 0 Å². The molecule has 4 unspecified atom stereocenters. The summed E-state index contributed by atoms with van der Waals surface area (Å²) in [6.45, 7) is 2.17. The number of anilines is 3. The molecule has 6 heterocycles. The van der Waals surface area contributed by atoms with E-state index in [2.05, 4.69) is 59.8 Å². The fourth-order valence-corrected chi connectivity index (χ4v) is 13.6. The number of nitrogens with one attached hydrogen (secondary N) is 1. The van der Waals surface area contributed by atoms with Gasteiger partial charge in [0, 0.05) is 18.8 Å². The Morgan fingerprint density at radius 3 is 1.61 bits per heavy atom. The number of aliphatic hydroxyl groups is 4. The van der Waals surface area contributed by atoms with Gasteiger partial charge in [0.05, 0.1) is 31.4 Å². The van der Waals surface area contributed by atoms with Crippen LogP contribution in [0.1, 0.15) is 42.6 Å². The highest BCUT2D eigenvalue weighted by Gasteiger charge is 2.49. The number of rotatable bonds is 22. The fraction of sp³-hybridized carbons (Fsp3) is 0.528. The van der Waals surface area contributed by atoms with Gasteiger partial charge in [0.1, 0.15) is 66.9 Å². The van der Waals surface area contributed by atoms with Gasteiger partial charge < -0.3 is 75.9 Å². The Balaban J connectivity index is 0.000000375. The first-order valence-electron chi connectivity index (χ1n) is 21.4. The van der Waals surface area contributed by atoms with Gasteiger partial charge in [-0.15, -0.1) is 0 Å². The zero-order valence-corrected chi connectivity index (χ0v) is 41.9. The number of phosphoric acid groups is 2. The SMILES string of the molecule is CCCCNc1ccc(C(=O)OCCN(C)C)cc1.Nc1ncnc2c1ncn2[C@@H]1O[C@H](COP(=O)(O)OP(=O)(O)CP(=O)(O)OP(=O)(O)OC[C@H]2O[C@@H](n3cnc4c(N)ncnc43)[C@H](O)[C@@H]2O)[C@@H](O)[C@H]1O. The molecule has 0 spiro atoms. The molecule has 1 aromatic carbocycles. The molecule has 32 nitrogen and oxygen atoms in total. The van der Waals surface area contributed by atoms with E-state index in [0.717, 1.165) is 50.5 Å². The molecule has 2 aliphatic rings. The Hall–Kier alpha value is -4.49. The van der Waals surface area contributed by atoms with Gasteiger partial charge in [-0.25, -0.2) is 52.4 Å². The first-order valence-corrected chi connectivity index (χ1v) is 27.9. The number of unbranched alkanes of at least 4 members (excludes halogenated alkanes) is 1. The number of benzene rings is 1. The maximum atomic E-state index is 12.6. The van der Waals surface area contributed by atoms with E-state index in [1.165, 1.54) is 15.6 Å². The predicted molar refractivity (Wildman–Crippen MR) is 248 cm³/mol. The van der Waals surface area contributed by atoms with Crippen LogP contribution in [0.25, 0.3) is 22.3 Å². The zero-order chi connectivity index (χ0) is 52.8. The van der Waals surface area contributed by atoms with Gasteiger partial charge in [0.15, 0.2) is 41.3 Å². The van der Waals surface area contributed by atoms with Crippen molar-refractivity contribution in [1.29, 1.82) is 0 Å². The minimum atomic E-state index is -5.69. The summed E-state index contributed by atoms with van der Waals surface area (Å²) < 4.78 is 86.1. The summed E-state index contributed by atoms with van der Waals surface area (Å²) in [6, 6.07) is 7.43. The van der Waals surface area contributed by atoms with Gasteiger partial charge in [-0.3, -0.25) is 27.3 Å². The highest BCUT2D eigenvalue weighted by Crippen LogP contribution is 2.70. The number of esters is 1. The Morgan fingerprint density at radius 2 is 1.18 bits per heavy atom. The number of imidazole rings is 2. The average Bonchev–Trinajstić information content (AvgIpc) is 4.06. The summed E-state index contributed by atoms with van der Waals surface area (Å²) in [7, 11) is -18.8. The number of aromatic nitrogens is 8. The van der Waals surface area contributed by atoms with Crippen LogP contribution in [-0.4, -0.2) is 179 Å². The van der Waals surface area contributed by atoms with Gasteiger partial charge in [0.2, 0.25) is 0 Å². The van der Waals surface area contributed by atoms with E-state index in [9.17, 15) is 63.1 Å². The Kier molecular flexibility index (Phi) is 18.8. The minimum absolute atomic E-state index is 0.00238. The van der Waals surface area contributed by atoms with Crippen molar-refractivity contribution in [3.8, 4) is 0 Å². The van der Waals surface area contributed by atoms with Crippen molar-refractivity contribution >= 4 is 76.5 Å². The van der Waals surface area contributed by atoms with Gasteiger partial charge in [-0.1, -0.05) is 13.3 Å². The summed E-state index contributed by atoms with van der Waals surface area (Å²) in [4.78, 5) is 77.4. The Bertz CT molecular complexity index is 2700. The normalized spacial score (nSPS) is 25.6. The van der Waals surface area contributed by atoms with Crippen LogP contribution in [0.2, 0.25) is 0 Å². The van der Waals surface area contributed by atoms with E-state index in [1.54, 1.807) is 12.1 Å². The van der Waals surface area contributed by atoms with Crippen molar-refractivity contribution in [1.82, 2.24) is 43.9 Å². The third-order valence-electron chi connectivity index (χ3n) is 10.4. The molecule has 0 saturated carbocycles. The molecule has 72 heavy (non-hydrogen) atoms. The molecule has 36 heteroatoms. The third kappa shape index (κ3) is 14.6. The van der Waals surface area contributed by atoms with E-state index < -0.39 is 99.0 Å². The lowest BCUT2D eigenvalue weighted by atomic mass is 10.1. The van der Waals surface area contributed by atoms with Crippen molar-refractivity contribution in [3.05, 3.63) is 55.1 Å². The quantitative estimate of drug-likeness (QED) is 0.0252. The first kappa shape index (κ1) is 56.8. The summed E-state index contributed by atoms with van der Waals surface area (Å²) in [5.41, 5.74) is 13.6. The molecule has 7 rings (SSSR count). The summed E-state index contributed by atoms with van der Waals surface area (Å²) in [5, 5.41) is 45.2. The number of aliphatic hydroxyl groups excluding tert-OH is 4. The Labute approximate surface area is 408 Å². The van der Waals surface area contributed by atoms with Crippen molar-refractivity contribution in [2.75, 3.05) is 69.7 Å². The minimum Gasteiger partial charge on any atom is -0.461 e. The van der Waals surface area contributed by atoms with Crippen LogP contribution in [0, 0.1) is 0 Å².